The standard InChI is InChI=1S/C13H22N2O2/c1-11(2)17-9-8-14(3)10-13(16)12-6-5-7-15(12)4/h5-7,11H,8-10H2,1-4H3. The highest BCUT2D eigenvalue weighted by atomic mass is 16.5. The van der Waals surface area contributed by atoms with Gasteiger partial charge >= 0.3 is 0 Å². The minimum absolute atomic E-state index is 0.143. The molecule has 1 aromatic rings. The van der Waals surface area contributed by atoms with Gasteiger partial charge in [-0.25, -0.2) is 0 Å². The summed E-state index contributed by atoms with van der Waals surface area (Å²) in [5.74, 6) is 0.143. The maximum Gasteiger partial charge on any atom is 0.193 e. The Balaban J connectivity index is 2.34. The molecule has 0 spiro atoms. The van der Waals surface area contributed by atoms with Crippen molar-refractivity contribution in [1.82, 2.24) is 9.47 Å². The zero-order chi connectivity index (χ0) is 12.8. The van der Waals surface area contributed by atoms with E-state index in [9.17, 15) is 4.79 Å². The second kappa shape index (κ2) is 6.57. The number of hydrogen-bond donors (Lipinski definition) is 0. The molecule has 1 heterocycles. The van der Waals surface area contributed by atoms with Crippen molar-refractivity contribution in [2.75, 3.05) is 26.7 Å². The van der Waals surface area contributed by atoms with E-state index >= 15 is 0 Å². The van der Waals surface area contributed by atoms with E-state index in [1.807, 2.05) is 55.7 Å². The highest BCUT2D eigenvalue weighted by Crippen LogP contribution is 2.02. The first-order chi connectivity index (χ1) is 8.00. The van der Waals surface area contributed by atoms with E-state index in [0.717, 1.165) is 12.2 Å². The summed E-state index contributed by atoms with van der Waals surface area (Å²) >= 11 is 0. The van der Waals surface area contributed by atoms with Crippen molar-refractivity contribution in [1.29, 1.82) is 0 Å². The SMILES string of the molecule is CC(C)OCCN(C)CC(=O)c1cccn1C. The van der Waals surface area contributed by atoms with E-state index in [1.54, 1.807) is 0 Å². The summed E-state index contributed by atoms with van der Waals surface area (Å²) in [6, 6.07) is 3.73. The lowest BCUT2D eigenvalue weighted by Crippen LogP contribution is -2.30. The lowest BCUT2D eigenvalue weighted by atomic mass is 10.2. The monoisotopic (exact) mass is 238 g/mol. The first kappa shape index (κ1) is 13.9. The average molecular weight is 238 g/mol. The van der Waals surface area contributed by atoms with Crippen molar-refractivity contribution in [3.63, 3.8) is 0 Å². The summed E-state index contributed by atoms with van der Waals surface area (Å²) < 4.78 is 7.30. The van der Waals surface area contributed by atoms with Gasteiger partial charge in [-0.05, 0) is 33.0 Å². The maximum absolute atomic E-state index is 11.9. The first-order valence-corrected chi connectivity index (χ1v) is 5.95. The molecule has 0 aliphatic rings. The van der Waals surface area contributed by atoms with Crippen LogP contribution in [-0.4, -0.2) is 48.1 Å². The molecule has 1 aromatic heterocycles. The van der Waals surface area contributed by atoms with Crippen LogP contribution < -0.4 is 0 Å². The van der Waals surface area contributed by atoms with Crippen LogP contribution in [0.3, 0.4) is 0 Å². The zero-order valence-electron chi connectivity index (χ0n) is 11.1. The largest absolute Gasteiger partial charge is 0.377 e. The van der Waals surface area contributed by atoms with Gasteiger partial charge in [0.2, 0.25) is 0 Å². The fraction of sp³-hybridized carbons (Fsp3) is 0.615. The van der Waals surface area contributed by atoms with E-state index in [0.29, 0.717) is 13.2 Å². The second-order valence-electron chi connectivity index (χ2n) is 4.58. The lowest BCUT2D eigenvalue weighted by Gasteiger charge is -2.16. The quantitative estimate of drug-likeness (QED) is 0.676. The number of ketones is 1. The van der Waals surface area contributed by atoms with Crippen LogP contribution in [0.25, 0.3) is 0 Å². The number of aromatic nitrogens is 1. The number of Topliss-reactive ketones (excluding diaryl/α,β-unsaturated/α-hetero) is 1. The molecule has 17 heavy (non-hydrogen) atoms. The molecule has 0 aromatic carbocycles. The number of hydrogen-bond acceptors (Lipinski definition) is 3. The van der Waals surface area contributed by atoms with Crippen LogP contribution in [0.1, 0.15) is 24.3 Å². The highest BCUT2D eigenvalue weighted by Gasteiger charge is 2.11. The van der Waals surface area contributed by atoms with Crippen molar-refractivity contribution < 1.29 is 9.53 Å². The van der Waals surface area contributed by atoms with Crippen molar-refractivity contribution in [2.24, 2.45) is 7.05 Å². The molecule has 4 heteroatoms. The molecule has 4 nitrogen and oxygen atoms in total. The highest BCUT2D eigenvalue weighted by molar-refractivity contribution is 5.96. The topological polar surface area (TPSA) is 34.5 Å². The van der Waals surface area contributed by atoms with Crippen molar-refractivity contribution >= 4 is 5.78 Å². The molecular formula is C13H22N2O2. The van der Waals surface area contributed by atoms with Crippen LogP contribution in [0.2, 0.25) is 0 Å². The van der Waals surface area contributed by atoms with Crippen LogP contribution in [0.15, 0.2) is 18.3 Å². The van der Waals surface area contributed by atoms with Crippen LogP contribution in [0.4, 0.5) is 0 Å². The zero-order valence-corrected chi connectivity index (χ0v) is 11.1. The van der Waals surface area contributed by atoms with Gasteiger partial charge < -0.3 is 9.30 Å². The Kier molecular flexibility index (Phi) is 5.38. The third-order valence-electron chi connectivity index (χ3n) is 2.57. The molecule has 0 saturated carbocycles. The molecule has 0 unspecified atom stereocenters. The first-order valence-electron chi connectivity index (χ1n) is 5.95. The van der Waals surface area contributed by atoms with E-state index in [1.165, 1.54) is 0 Å². The Bertz CT molecular complexity index is 358. The third kappa shape index (κ3) is 4.71. The number of carbonyl (C=O) groups is 1. The molecule has 0 radical (unpaired) electrons. The minimum atomic E-state index is 0.143. The van der Waals surface area contributed by atoms with Gasteiger partial charge in [-0.15, -0.1) is 0 Å². The fourth-order valence-corrected chi connectivity index (χ4v) is 1.60. The van der Waals surface area contributed by atoms with Gasteiger partial charge in [0.15, 0.2) is 5.78 Å². The average Bonchev–Trinajstić information content (AvgIpc) is 2.63. The van der Waals surface area contributed by atoms with Gasteiger partial charge in [0.25, 0.3) is 0 Å². The Labute approximate surface area is 103 Å². The van der Waals surface area contributed by atoms with Crippen molar-refractivity contribution in [2.45, 2.75) is 20.0 Å². The molecule has 0 fully saturated rings. The van der Waals surface area contributed by atoms with Crippen LogP contribution in [0.5, 0.6) is 0 Å². The Hall–Kier alpha value is -1.13. The van der Waals surface area contributed by atoms with Crippen molar-refractivity contribution in [3.05, 3.63) is 24.0 Å². The predicted molar refractivity (Wildman–Crippen MR) is 68.3 cm³/mol. The van der Waals surface area contributed by atoms with E-state index < -0.39 is 0 Å². The van der Waals surface area contributed by atoms with Gasteiger partial charge in [-0.2, -0.15) is 0 Å². The van der Waals surface area contributed by atoms with Crippen LogP contribution >= 0.6 is 0 Å². The van der Waals surface area contributed by atoms with Gasteiger partial charge in [-0.3, -0.25) is 9.69 Å². The molecule has 0 bridgehead atoms. The summed E-state index contributed by atoms with van der Waals surface area (Å²) in [4.78, 5) is 13.9. The number of likely N-dealkylation sites (N-methyl/N-ethyl adjacent to an activating group) is 1. The molecule has 1 rings (SSSR count). The number of aryl methyl sites for hydroxylation is 1. The van der Waals surface area contributed by atoms with E-state index in [4.69, 9.17) is 4.74 Å². The Morgan fingerprint density at radius 2 is 2.24 bits per heavy atom. The molecule has 0 aliphatic heterocycles. The lowest BCUT2D eigenvalue weighted by molar-refractivity contribution is 0.0618. The minimum Gasteiger partial charge on any atom is -0.377 e. The fourth-order valence-electron chi connectivity index (χ4n) is 1.60. The van der Waals surface area contributed by atoms with Gasteiger partial charge in [-0.1, -0.05) is 0 Å². The van der Waals surface area contributed by atoms with Crippen molar-refractivity contribution in [3.8, 4) is 0 Å². The van der Waals surface area contributed by atoms with Crippen LogP contribution in [-0.2, 0) is 11.8 Å². The maximum atomic E-state index is 11.9. The molecule has 0 saturated heterocycles. The van der Waals surface area contributed by atoms with Crippen LogP contribution in [0, 0.1) is 0 Å². The molecule has 0 aliphatic carbocycles. The Morgan fingerprint density at radius 1 is 1.53 bits per heavy atom. The predicted octanol–water partition coefficient (Wildman–Crippen LogP) is 1.56. The van der Waals surface area contributed by atoms with E-state index in [-0.39, 0.29) is 11.9 Å². The number of ether oxygens (including phenoxy) is 1. The van der Waals surface area contributed by atoms with Gasteiger partial charge in [0.1, 0.15) is 0 Å². The summed E-state index contributed by atoms with van der Waals surface area (Å²) in [7, 11) is 3.82. The summed E-state index contributed by atoms with van der Waals surface area (Å²) in [5, 5.41) is 0. The summed E-state index contributed by atoms with van der Waals surface area (Å²) in [6.45, 7) is 5.88. The van der Waals surface area contributed by atoms with E-state index in [2.05, 4.69) is 0 Å². The van der Waals surface area contributed by atoms with Gasteiger partial charge in [0, 0.05) is 19.8 Å². The second-order valence-corrected chi connectivity index (χ2v) is 4.58. The number of carbonyl (C=O) groups excluding carboxylic acids is 1. The molecule has 0 amide bonds. The summed E-state index contributed by atoms with van der Waals surface area (Å²) in [6.07, 6.45) is 2.13. The molecule has 0 N–H and O–H groups in total. The smallest absolute Gasteiger partial charge is 0.193 e. The summed E-state index contributed by atoms with van der Waals surface area (Å²) in [5.41, 5.74) is 0.752. The Morgan fingerprint density at radius 3 is 2.76 bits per heavy atom. The normalized spacial score (nSPS) is 11.4. The number of nitrogens with zero attached hydrogens (tertiary/aromatic N) is 2. The molecule has 96 valence electrons. The van der Waals surface area contributed by atoms with Gasteiger partial charge in [0.05, 0.1) is 24.9 Å². The molecular weight excluding hydrogens is 216 g/mol. The number of rotatable bonds is 7. The third-order valence-corrected chi connectivity index (χ3v) is 2.57. The molecule has 0 atom stereocenters.